The molecule has 252 valence electrons. The molecule has 9 aromatic rings. The molecule has 0 fully saturated rings. The van der Waals surface area contributed by atoms with Gasteiger partial charge in [0.2, 0.25) is 0 Å². The molecule has 10 rings (SSSR count). The van der Waals surface area contributed by atoms with E-state index in [1.165, 1.54) is 44.5 Å². The van der Waals surface area contributed by atoms with Crippen LogP contribution >= 0.6 is 0 Å². The summed E-state index contributed by atoms with van der Waals surface area (Å²) in [5.74, 6) is 0. The lowest BCUT2D eigenvalue weighted by Gasteiger charge is -2.28. The lowest BCUT2D eigenvalue weighted by atomic mass is 9.82. The van der Waals surface area contributed by atoms with Gasteiger partial charge in [-0.25, -0.2) is 0 Å². The summed E-state index contributed by atoms with van der Waals surface area (Å²) in [6.45, 7) is 4.69. The van der Waals surface area contributed by atoms with Gasteiger partial charge in [0.05, 0.1) is 0 Å². The summed E-state index contributed by atoms with van der Waals surface area (Å²) in [5, 5.41) is 2.27. The monoisotopic (exact) mass is 679 g/mol. The van der Waals surface area contributed by atoms with Crippen molar-refractivity contribution in [1.29, 1.82) is 0 Å². The molecule has 0 saturated carbocycles. The van der Waals surface area contributed by atoms with E-state index in [0.29, 0.717) is 0 Å². The van der Waals surface area contributed by atoms with E-state index in [9.17, 15) is 0 Å². The van der Waals surface area contributed by atoms with Crippen molar-refractivity contribution in [3.63, 3.8) is 0 Å². The summed E-state index contributed by atoms with van der Waals surface area (Å²) >= 11 is 0. The van der Waals surface area contributed by atoms with Crippen LogP contribution in [-0.2, 0) is 5.41 Å². The van der Waals surface area contributed by atoms with Crippen LogP contribution in [0.2, 0.25) is 0 Å². The number of nitrogens with zero attached hydrogens (tertiary/aromatic N) is 1. The Morgan fingerprint density at radius 2 is 0.962 bits per heavy atom. The molecule has 0 spiro atoms. The van der Waals surface area contributed by atoms with Gasteiger partial charge in [0, 0.05) is 38.8 Å². The van der Waals surface area contributed by atoms with Gasteiger partial charge >= 0.3 is 0 Å². The SMILES string of the molecule is CC1(C)c2ccccc2-c2ccc(N(c3ccc(-c4cccc(-c5ccccc5)c4)cc3)c3cccc(-c4cccc5c4oc4ccccc45)c3)cc21. The van der Waals surface area contributed by atoms with Gasteiger partial charge in [0.1, 0.15) is 11.2 Å². The zero-order chi connectivity index (χ0) is 35.5. The number of hydrogen-bond acceptors (Lipinski definition) is 2. The number of para-hydroxylation sites is 2. The Morgan fingerprint density at radius 1 is 0.377 bits per heavy atom. The van der Waals surface area contributed by atoms with Crippen molar-refractivity contribution < 1.29 is 4.42 Å². The molecule has 0 bridgehead atoms. The quantitative estimate of drug-likeness (QED) is 0.174. The summed E-state index contributed by atoms with van der Waals surface area (Å²) in [5.41, 5.74) is 17.4. The van der Waals surface area contributed by atoms with Crippen LogP contribution in [0.5, 0.6) is 0 Å². The van der Waals surface area contributed by atoms with Gasteiger partial charge in [-0.1, -0.05) is 153 Å². The molecule has 0 atom stereocenters. The number of hydrogen-bond donors (Lipinski definition) is 0. The van der Waals surface area contributed by atoms with Crippen molar-refractivity contribution in [2.45, 2.75) is 19.3 Å². The first-order chi connectivity index (χ1) is 26.0. The fourth-order valence-corrected chi connectivity index (χ4v) is 8.38. The smallest absolute Gasteiger partial charge is 0.143 e. The Balaban J connectivity index is 1.10. The molecule has 0 unspecified atom stereocenters. The molecular formula is C51H37NO. The molecular weight excluding hydrogens is 643 g/mol. The highest BCUT2D eigenvalue weighted by atomic mass is 16.3. The largest absolute Gasteiger partial charge is 0.455 e. The predicted molar refractivity (Wildman–Crippen MR) is 222 cm³/mol. The fraction of sp³-hybridized carbons (Fsp3) is 0.0588. The summed E-state index contributed by atoms with van der Waals surface area (Å²) in [4.78, 5) is 2.39. The van der Waals surface area contributed by atoms with E-state index in [1.54, 1.807) is 0 Å². The molecule has 1 aromatic heterocycles. The summed E-state index contributed by atoms with van der Waals surface area (Å²) in [7, 11) is 0. The first kappa shape index (κ1) is 31.1. The molecule has 2 nitrogen and oxygen atoms in total. The van der Waals surface area contributed by atoms with Crippen molar-refractivity contribution in [2.24, 2.45) is 0 Å². The van der Waals surface area contributed by atoms with Crippen LogP contribution in [0.25, 0.3) is 66.4 Å². The molecule has 1 aliphatic rings. The lowest BCUT2D eigenvalue weighted by molar-refractivity contribution is 0.660. The van der Waals surface area contributed by atoms with Crippen LogP contribution in [0, 0.1) is 0 Å². The Morgan fingerprint density at radius 3 is 1.81 bits per heavy atom. The number of furan rings is 1. The van der Waals surface area contributed by atoms with Gasteiger partial charge in [-0.3, -0.25) is 0 Å². The zero-order valence-corrected chi connectivity index (χ0v) is 29.8. The number of rotatable bonds is 6. The molecule has 0 radical (unpaired) electrons. The van der Waals surface area contributed by atoms with E-state index in [2.05, 4.69) is 195 Å². The van der Waals surface area contributed by atoms with E-state index >= 15 is 0 Å². The average molecular weight is 680 g/mol. The zero-order valence-electron chi connectivity index (χ0n) is 29.8. The third-order valence-electron chi connectivity index (χ3n) is 11.1. The molecule has 8 aromatic carbocycles. The maximum Gasteiger partial charge on any atom is 0.143 e. The number of benzene rings is 8. The number of fused-ring (bicyclic) bond motifs is 6. The average Bonchev–Trinajstić information content (AvgIpc) is 3.71. The second-order valence-electron chi connectivity index (χ2n) is 14.6. The van der Waals surface area contributed by atoms with Gasteiger partial charge in [0.25, 0.3) is 0 Å². The number of anilines is 3. The lowest BCUT2D eigenvalue weighted by Crippen LogP contribution is -2.16. The first-order valence-corrected chi connectivity index (χ1v) is 18.3. The van der Waals surface area contributed by atoms with Crippen LogP contribution in [0.3, 0.4) is 0 Å². The van der Waals surface area contributed by atoms with Crippen molar-refractivity contribution in [1.82, 2.24) is 0 Å². The van der Waals surface area contributed by atoms with Crippen LogP contribution in [0.15, 0.2) is 192 Å². The minimum atomic E-state index is -0.111. The van der Waals surface area contributed by atoms with E-state index in [4.69, 9.17) is 4.42 Å². The second-order valence-corrected chi connectivity index (χ2v) is 14.6. The normalized spacial score (nSPS) is 12.9. The standard InChI is InChI=1S/C51H37NO/c1-51(2)47-23-8-6-19-43(47)44-30-29-41(33-48(44)51)52(39-27-25-35(26-28-39)37-16-10-15-36(31-37)34-13-4-3-5-14-34)40-18-11-17-38(32-40)42-21-12-22-46-45-20-7-9-24-49(45)53-50(42)46/h3-33H,1-2H3. The van der Waals surface area contributed by atoms with Crippen LogP contribution < -0.4 is 4.90 Å². The molecule has 0 aliphatic heterocycles. The van der Waals surface area contributed by atoms with Gasteiger partial charge in [-0.05, 0) is 98.6 Å². The van der Waals surface area contributed by atoms with Crippen molar-refractivity contribution in [3.8, 4) is 44.5 Å². The Labute approximate surface area is 310 Å². The van der Waals surface area contributed by atoms with E-state index < -0.39 is 0 Å². The minimum Gasteiger partial charge on any atom is -0.455 e. The molecule has 1 heterocycles. The topological polar surface area (TPSA) is 16.4 Å². The third kappa shape index (κ3) is 5.18. The summed E-state index contributed by atoms with van der Waals surface area (Å²) in [6, 6.07) is 67.8. The Kier molecular flexibility index (Phi) is 7.19. The van der Waals surface area contributed by atoms with Crippen molar-refractivity contribution in [3.05, 3.63) is 199 Å². The van der Waals surface area contributed by atoms with E-state index in [0.717, 1.165) is 50.1 Å². The summed E-state index contributed by atoms with van der Waals surface area (Å²) < 4.78 is 6.49. The molecule has 2 heteroatoms. The first-order valence-electron chi connectivity index (χ1n) is 18.3. The minimum absolute atomic E-state index is 0.111. The molecule has 0 amide bonds. The second kappa shape index (κ2) is 12.3. The maximum atomic E-state index is 6.49. The van der Waals surface area contributed by atoms with Crippen LogP contribution in [-0.4, -0.2) is 0 Å². The molecule has 53 heavy (non-hydrogen) atoms. The van der Waals surface area contributed by atoms with Gasteiger partial charge in [-0.2, -0.15) is 0 Å². The Bertz CT molecular complexity index is 2810. The molecule has 0 saturated heterocycles. The third-order valence-corrected chi connectivity index (χ3v) is 11.1. The highest BCUT2D eigenvalue weighted by Gasteiger charge is 2.35. The van der Waals surface area contributed by atoms with Gasteiger partial charge < -0.3 is 9.32 Å². The predicted octanol–water partition coefficient (Wildman–Crippen LogP) is 14.4. The van der Waals surface area contributed by atoms with Crippen molar-refractivity contribution >= 4 is 39.0 Å². The van der Waals surface area contributed by atoms with E-state index in [-0.39, 0.29) is 5.41 Å². The van der Waals surface area contributed by atoms with Gasteiger partial charge in [0.15, 0.2) is 0 Å². The fourth-order valence-electron chi connectivity index (χ4n) is 8.38. The molecule has 1 aliphatic carbocycles. The maximum absolute atomic E-state index is 6.49. The highest BCUT2D eigenvalue weighted by Crippen LogP contribution is 2.51. The van der Waals surface area contributed by atoms with Gasteiger partial charge in [-0.15, -0.1) is 0 Å². The molecule has 0 N–H and O–H groups in total. The van der Waals surface area contributed by atoms with Crippen LogP contribution in [0.1, 0.15) is 25.0 Å². The summed E-state index contributed by atoms with van der Waals surface area (Å²) in [6.07, 6.45) is 0. The van der Waals surface area contributed by atoms with Crippen molar-refractivity contribution in [2.75, 3.05) is 4.90 Å². The highest BCUT2D eigenvalue weighted by molar-refractivity contribution is 6.09. The Hall–Kier alpha value is -6.64. The van der Waals surface area contributed by atoms with Crippen LogP contribution in [0.4, 0.5) is 17.1 Å². The van der Waals surface area contributed by atoms with E-state index in [1.807, 2.05) is 12.1 Å².